The highest BCUT2D eigenvalue weighted by atomic mass is 79.9. The number of carbonyl (C=O) groups excluding carboxylic acids is 1. The average Bonchev–Trinajstić information content (AvgIpc) is 3.18. The highest BCUT2D eigenvalue weighted by Crippen LogP contribution is 2.44. The Bertz CT molecular complexity index is 1280. The number of halogens is 1. The number of benzene rings is 2. The van der Waals surface area contributed by atoms with Gasteiger partial charge in [0.25, 0.3) is 0 Å². The van der Waals surface area contributed by atoms with E-state index >= 15 is 0 Å². The number of para-hydroxylation sites is 1. The molecular weight excluding hydrogens is 508 g/mol. The molecule has 0 saturated carbocycles. The number of aromatic nitrogens is 3. The Morgan fingerprint density at radius 3 is 2.62 bits per heavy atom. The van der Waals surface area contributed by atoms with Gasteiger partial charge in [-0.1, -0.05) is 60.3 Å². The first-order valence-electron chi connectivity index (χ1n) is 9.82. The van der Waals surface area contributed by atoms with Crippen LogP contribution in [0.3, 0.4) is 0 Å². The molecule has 160 valence electrons. The van der Waals surface area contributed by atoms with E-state index in [0.29, 0.717) is 22.4 Å². The van der Waals surface area contributed by atoms with Gasteiger partial charge in [0, 0.05) is 18.2 Å². The van der Waals surface area contributed by atoms with Crippen LogP contribution in [0.1, 0.15) is 23.6 Å². The van der Waals surface area contributed by atoms with E-state index in [1.165, 1.54) is 35.6 Å². The van der Waals surface area contributed by atoms with Crippen LogP contribution in [0.25, 0.3) is 11.3 Å². The van der Waals surface area contributed by atoms with Crippen LogP contribution in [-0.2, 0) is 10.5 Å². The van der Waals surface area contributed by atoms with Gasteiger partial charge >= 0.3 is 0 Å². The van der Waals surface area contributed by atoms with Crippen molar-refractivity contribution in [1.82, 2.24) is 15.2 Å². The summed E-state index contributed by atoms with van der Waals surface area (Å²) >= 11 is 6.52. The third kappa shape index (κ3) is 4.15. The number of amides is 1. The summed E-state index contributed by atoms with van der Waals surface area (Å²) in [6.07, 6.45) is -0.658. The Balaban J connectivity index is 1.58. The molecule has 6 nitrogen and oxygen atoms in total. The summed E-state index contributed by atoms with van der Waals surface area (Å²) in [7, 11) is 0. The van der Waals surface area contributed by atoms with E-state index in [-0.39, 0.29) is 5.91 Å². The monoisotopic (exact) mass is 524 g/mol. The fraction of sp³-hybridized carbons (Fsp3) is 0.130. The SMILES string of the molecule is CC(=O)N1c2ccccc2-c2nnc(SCc3ccccc3)nc2OC1c1ccc(Br)s1. The standard InChI is InChI=1S/C23H17BrN4O2S2/c1-14(29)28-17-10-6-5-9-16(17)20-21(30-22(28)18-11-12-19(24)32-18)25-23(27-26-20)31-13-15-7-3-2-4-8-15/h2-12,22H,13H2,1H3. The molecule has 0 N–H and O–H groups in total. The van der Waals surface area contributed by atoms with Crippen molar-refractivity contribution in [3.8, 4) is 17.1 Å². The molecular formula is C23H17BrN4O2S2. The first kappa shape index (κ1) is 21.1. The molecule has 0 aliphatic carbocycles. The van der Waals surface area contributed by atoms with Crippen molar-refractivity contribution in [2.45, 2.75) is 24.1 Å². The molecule has 1 unspecified atom stereocenters. The van der Waals surface area contributed by atoms with Crippen molar-refractivity contribution in [2.75, 3.05) is 4.90 Å². The molecule has 3 heterocycles. The van der Waals surface area contributed by atoms with Crippen LogP contribution in [0.2, 0.25) is 0 Å². The van der Waals surface area contributed by atoms with Crippen LogP contribution in [0.5, 0.6) is 5.88 Å². The summed E-state index contributed by atoms with van der Waals surface area (Å²) in [5.74, 6) is 0.950. The third-order valence-electron chi connectivity index (χ3n) is 4.90. The number of fused-ring (bicyclic) bond motifs is 3. The molecule has 2 aromatic heterocycles. The van der Waals surface area contributed by atoms with Gasteiger partial charge in [-0.2, -0.15) is 4.98 Å². The Labute approximate surface area is 201 Å². The molecule has 4 aromatic rings. The van der Waals surface area contributed by atoms with Gasteiger partial charge in [-0.25, -0.2) is 0 Å². The summed E-state index contributed by atoms with van der Waals surface area (Å²) in [6, 6.07) is 21.6. The van der Waals surface area contributed by atoms with E-state index in [4.69, 9.17) is 4.74 Å². The van der Waals surface area contributed by atoms with Gasteiger partial charge < -0.3 is 4.74 Å². The first-order valence-corrected chi connectivity index (χ1v) is 12.4. The van der Waals surface area contributed by atoms with Crippen molar-refractivity contribution >= 4 is 50.6 Å². The predicted molar refractivity (Wildman–Crippen MR) is 130 cm³/mol. The lowest BCUT2D eigenvalue weighted by Gasteiger charge is -2.28. The van der Waals surface area contributed by atoms with Crippen LogP contribution in [0, 0.1) is 0 Å². The molecule has 0 radical (unpaired) electrons. The molecule has 1 amide bonds. The van der Waals surface area contributed by atoms with Gasteiger partial charge in [0.1, 0.15) is 0 Å². The maximum atomic E-state index is 12.8. The number of thiophene rings is 1. The maximum Gasteiger partial charge on any atom is 0.247 e. The molecule has 32 heavy (non-hydrogen) atoms. The highest BCUT2D eigenvalue weighted by Gasteiger charge is 2.35. The lowest BCUT2D eigenvalue weighted by molar-refractivity contribution is -0.118. The number of nitrogens with zero attached hydrogens (tertiary/aromatic N) is 4. The number of thioether (sulfide) groups is 1. The van der Waals surface area contributed by atoms with Gasteiger partial charge in [0.15, 0.2) is 5.69 Å². The minimum atomic E-state index is -0.658. The van der Waals surface area contributed by atoms with Gasteiger partial charge in [0.2, 0.25) is 23.2 Å². The number of hydrogen-bond acceptors (Lipinski definition) is 7. The number of hydrogen-bond donors (Lipinski definition) is 0. The Morgan fingerprint density at radius 1 is 1.09 bits per heavy atom. The summed E-state index contributed by atoms with van der Waals surface area (Å²) in [5.41, 5.74) is 3.17. The minimum absolute atomic E-state index is 0.133. The van der Waals surface area contributed by atoms with Crippen LogP contribution in [0.15, 0.2) is 75.7 Å². The lowest BCUT2D eigenvalue weighted by atomic mass is 10.1. The fourth-order valence-corrected chi connectivity index (χ4v) is 5.66. The van der Waals surface area contributed by atoms with Gasteiger partial charge in [-0.15, -0.1) is 21.5 Å². The maximum absolute atomic E-state index is 12.8. The summed E-state index contributed by atoms with van der Waals surface area (Å²) in [4.78, 5) is 20.0. The van der Waals surface area contributed by atoms with Crippen molar-refractivity contribution in [3.63, 3.8) is 0 Å². The van der Waals surface area contributed by atoms with Crippen LogP contribution >= 0.6 is 39.0 Å². The molecule has 0 bridgehead atoms. The summed E-state index contributed by atoms with van der Waals surface area (Å²) in [5, 5.41) is 9.31. The van der Waals surface area contributed by atoms with Gasteiger partial charge in [-0.3, -0.25) is 9.69 Å². The van der Waals surface area contributed by atoms with E-state index in [9.17, 15) is 4.79 Å². The van der Waals surface area contributed by atoms with Crippen molar-refractivity contribution < 1.29 is 9.53 Å². The van der Waals surface area contributed by atoms with Crippen molar-refractivity contribution in [3.05, 3.63) is 81.0 Å². The Kier molecular flexibility index (Phi) is 5.95. The topological polar surface area (TPSA) is 68.2 Å². The second-order valence-corrected chi connectivity index (χ2v) is 10.5. The van der Waals surface area contributed by atoms with E-state index in [1.54, 1.807) is 4.90 Å². The third-order valence-corrected chi connectivity index (χ3v) is 7.46. The second-order valence-electron chi connectivity index (χ2n) is 7.04. The van der Waals surface area contributed by atoms with E-state index < -0.39 is 6.23 Å². The quantitative estimate of drug-likeness (QED) is 0.300. The van der Waals surface area contributed by atoms with E-state index in [1.807, 2.05) is 54.6 Å². The molecule has 0 spiro atoms. The van der Waals surface area contributed by atoms with Gasteiger partial charge in [-0.05, 0) is 39.7 Å². The van der Waals surface area contributed by atoms with Crippen LogP contribution < -0.4 is 9.64 Å². The number of ether oxygens (including phenoxy) is 1. The van der Waals surface area contributed by atoms with E-state index in [2.05, 4.69) is 43.2 Å². The normalized spacial score (nSPS) is 14.8. The molecule has 1 aliphatic heterocycles. The molecule has 1 aliphatic rings. The Morgan fingerprint density at radius 2 is 1.88 bits per heavy atom. The molecule has 0 fully saturated rings. The average molecular weight is 525 g/mol. The second kappa shape index (κ2) is 9.01. The number of anilines is 1. The highest BCUT2D eigenvalue weighted by molar-refractivity contribution is 9.11. The molecule has 2 aromatic carbocycles. The Hall–Kier alpha value is -2.75. The van der Waals surface area contributed by atoms with Crippen molar-refractivity contribution in [2.24, 2.45) is 0 Å². The largest absolute Gasteiger partial charge is 0.446 e. The summed E-state index contributed by atoms with van der Waals surface area (Å²) in [6.45, 7) is 1.53. The first-order chi connectivity index (χ1) is 15.6. The van der Waals surface area contributed by atoms with Crippen LogP contribution in [-0.4, -0.2) is 21.1 Å². The zero-order chi connectivity index (χ0) is 22.1. The number of carbonyl (C=O) groups is 1. The predicted octanol–water partition coefficient (Wildman–Crippen LogP) is 6.10. The summed E-state index contributed by atoms with van der Waals surface area (Å²) < 4.78 is 7.33. The van der Waals surface area contributed by atoms with Crippen molar-refractivity contribution in [1.29, 1.82) is 0 Å². The molecule has 0 saturated heterocycles. The number of rotatable bonds is 4. The zero-order valence-corrected chi connectivity index (χ0v) is 20.2. The lowest BCUT2D eigenvalue weighted by Crippen LogP contribution is -2.35. The van der Waals surface area contributed by atoms with E-state index in [0.717, 1.165) is 20.0 Å². The molecule has 5 rings (SSSR count). The molecule has 9 heteroatoms. The van der Waals surface area contributed by atoms with Crippen LogP contribution in [0.4, 0.5) is 5.69 Å². The van der Waals surface area contributed by atoms with Gasteiger partial charge in [0.05, 0.1) is 14.4 Å². The fourth-order valence-electron chi connectivity index (χ4n) is 3.48. The zero-order valence-electron chi connectivity index (χ0n) is 16.9. The smallest absolute Gasteiger partial charge is 0.247 e. The molecule has 1 atom stereocenters. The minimum Gasteiger partial charge on any atom is -0.446 e.